The van der Waals surface area contributed by atoms with Crippen LogP contribution in [0.25, 0.3) is 0 Å². The predicted molar refractivity (Wildman–Crippen MR) is 89.8 cm³/mol. The lowest BCUT2D eigenvalue weighted by molar-refractivity contribution is -0.123. The van der Waals surface area contributed by atoms with E-state index in [1.165, 1.54) is 12.1 Å². The second-order valence-corrected chi connectivity index (χ2v) is 5.47. The van der Waals surface area contributed by atoms with Crippen molar-refractivity contribution in [3.63, 3.8) is 0 Å². The van der Waals surface area contributed by atoms with Gasteiger partial charge in [0.05, 0.1) is 5.02 Å². The minimum atomic E-state index is -0.665. The maximum Gasteiger partial charge on any atom is 0.337 e. The first-order valence-electron chi connectivity index (χ1n) is 7.34. The molecule has 8 nitrogen and oxygen atoms in total. The third-order valence-corrected chi connectivity index (χ3v) is 3.50. The number of rotatable bonds is 4. The standard InChI is InChI=1S/C16H13ClFN3O5/c17-11-6-10(2-3-12(11)18)24-7-15(22)20-21-16(23)19-9-1-4-13-14(5-9)26-8-25-13/h1-6H,7-8H2,(H,20,22)(H2,19,21,23). The van der Waals surface area contributed by atoms with Crippen LogP contribution in [0.1, 0.15) is 0 Å². The van der Waals surface area contributed by atoms with E-state index in [9.17, 15) is 14.0 Å². The van der Waals surface area contributed by atoms with Gasteiger partial charge in [-0.25, -0.2) is 14.6 Å². The minimum Gasteiger partial charge on any atom is -0.484 e. The summed E-state index contributed by atoms with van der Waals surface area (Å²) in [5, 5.41) is 2.39. The maximum atomic E-state index is 13.0. The molecule has 0 aromatic heterocycles. The quantitative estimate of drug-likeness (QED) is 0.707. The van der Waals surface area contributed by atoms with Crippen molar-refractivity contribution in [3.05, 3.63) is 47.2 Å². The van der Waals surface area contributed by atoms with Crippen LogP contribution < -0.4 is 30.4 Å². The zero-order chi connectivity index (χ0) is 18.5. The first-order valence-corrected chi connectivity index (χ1v) is 7.72. The number of fused-ring (bicyclic) bond motifs is 1. The molecule has 1 aliphatic rings. The Morgan fingerprint density at radius 3 is 2.73 bits per heavy atom. The highest BCUT2D eigenvalue weighted by Crippen LogP contribution is 2.34. The average Bonchev–Trinajstić information content (AvgIpc) is 3.08. The molecule has 1 heterocycles. The Bertz CT molecular complexity index is 849. The highest BCUT2D eigenvalue weighted by atomic mass is 35.5. The summed E-state index contributed by atoms with van der Waals surface area (Å²) in [6.45, 7) is -0.271. The van der Waals surface area contributed by atoms with Crippen molar-refractivity contribution in [2.24, 2.45) is 0 Å². The van der Waals surface area contributed by atoms with Crippen LogP contribution in [-0.2, 0) is 4.79 Å². The van der Waals surface area contributed by atoms with Gasteiger partial charge in [-0.05, 0) is 24.3 Å². The van der Waals surface area contributed by atoms with Crippen LogP contribution in [-0.4, -0.2) is 25.3 Å². The summed E-state index contributed by atoms with van der Waals surface area (Å²) < 4.78 is 28.5. The van der Waals surface area contributed by atoms with E-state index < -0.39 is 24.4 Å². The molecule has 0 bridgehead atoms. The van der Waals surface area contributed by atoms with Crippen molar-refractivity contribution >= 4 is 29.2 Å². The van der Waals surface area contributed by atoms with E-state index in [4.69, 9.17) is 25.8 Å². The molecule has 0 saturated heterocycles. The summed E-state index contributed by atoms with van der Waals surface area (Å²) in [5.41, 5.74) is 4.79. The number of carbonyl (C=O) groups is 2. The first kappa shape index (κ1) is 17.6. The van der Waals surface area contributed by atoms with Crippen molar-refractivity contribution in [1.82, 2.24) is 10.9 Å². The molecule has 0 aliphatic carbocycles. The lowest BCUT2D eigenvalue weighted by Crippen LogP contribution is -2.45. The fourth-order valence-electron chi connectivity index (χ4n) is 2.01. The van der Waals surface area contributed by atoms with Gasteiger partial charge < -0.3 is 19.5 Å². The normalized spacial score (nSPS) is 11.6. The number of carbonyl (C=O) groups excluding carboxylic acids is 2. The molecule has 0 spiro atoms. The summed E-state index contributed by atoms with van der Waals surface area (Å²) in [5.74, 6) is 0.105. The second kappa shape index (κ2) is 7.79. The van der Waals surface area contributed by atoms with Gasteiger partial charge >= 0.3 is 6.03 Å². The van der Waals surface area contributed by atoms with Crippen LogP contribution in [0.5, 0.6) is 17.2 Å². The molecule has 1 aliphatic heterocycles. The van der Waals surface area contributed by atoms with Crippen LogP contribution in [0.2, 0.25) is 5.02 Å². The molecule has 0 atom stereocenters. The van der Waals surface area contributed by atoms with E-state index in [2.05, 4.69) is 16.2 Å². The summed E-state index contributed by atoms with van der Waals surface area (Å²) in [6.07, 6.45) is 0. The zero-order valence-corrected chi connectivity index (χ0v) is 13.9. The van der Waals surface area contributed by atoms with E-state index in [1.54, 1.807) is 18.2 Å². The van der Waals surface area contributed by atoms with Gasteiger partial charge in [0.25, 0.3) is 5.91 Å². The Kier molecular flexibility index (Phi) is 5.28. The highest BCUT2D eigenvalue weighted by molar-refractivity contribution is 6.30. The first-order chi connectivity index (χ1) is 12.5. The number of anilines is 1. The SMILES string of the molecule is O=C(COc1ccc(F)c(Cl)c1)NNC(=O)Nc1ccc2c(c1)OCO2. The number of hydrogen-bond donors (Lipinski definition) is 3. The second-order valence-electron chi connectivity index (χ2n) is 5.06. The topological polar surface area (TPSA) is 97.9 Å². The number of ether oxygens (including phenoxy) is 3. The molecule has 10 heteroatoms. The Balaban J connectivity index is 1.42. The van der Waals surface area contributed by atoms with Gasteiger partial charge in [-0.15, -0.1) is 0 Å². The van der Waals surface area contributed by atoms with Crippen LogP contribution in [0.4, 0.5) is 14.9 Å². The van der Waals surface area contributed by atoms with Gasteiger partial charge in [0.15, 0.2) is 18.1 Å². The van der Waals surface area contributed by atoms with Gasteiger partial charge in [-0.1, -0.05) is 11.6 Å². The fraction of sp³-hybridized carbons (Fsp3) is 0.125. The molecule has 2 aromatic rings. The number of halogens is 2. The largest absolute Gasteiger partial charge is 0.484 e. The Hall–Kier alpha value is -3.20. The Morgan fingerprint density at radius 1 is 1.12 bits per heavy atom. The minimum absolute atomic E-state index is 0.121. The van der Waals surface area contributed by atoms with Crippen molar-refractivity contribution in [1.29, 1.82) is 0 Å². The summed E-state index contributed by atoms with van der Waals surface area (Å²) in [6, 6.07) is 7.88. The number of nitrogens with one attached hydrogen (secondary N) is 3. The number of urea groups is 1. The Morgan fingerprint density at radius 2 is 1.92 bits per heavy atom. The molecule has 2 aromatic carbocycles. The molecular weight excluding hydrogens is 369 g/mol. The molecule has 0 radical (unpaired) electrons. The highest BCUT2D eigenvalue weighted by Gasteiger charge is 2.14. The predicted octanol–water partition coefficient (Wildman–Crippen LogP) is 2.44. The fourth-order valence-corrected chi connectivity index (χ4v) is 2.19. The Labute approximate surface area is 152 Å². The van der Waals surface area contributed by atoms with E-state index in [-0.39, 0.29) is 17.6 Å². The summed E-state index contributed by atoms with van der Waals surface area (Å²) >= 11 is 5.61. The van der Waals surface area contributed by atoms with Crippen molar-refractivity contribution < 1.29 is 28.2 Å². The van der Waals surface area contributed by atoms with E-state index in [0.717, 1.165) is 6.07 Å². The zero-order valence-electron chi connectivity index (χ0n) is 13.2. The van der Waals surface area contributed by atoms with Gasteiger partial charge in [0, 0.05) is 17.8 Å². The van der Waals surface area contributed by atoms with Crippen LogP contribution in [0.3, 0.4) is 0 Å². The molecule has 0 saturated carbocycles. The number of hydrogen-bond acceptors (Lipinski definition) is 5. The number of hydrazine groups is 1. The van der Waals surface area contributed by atoms with Gasteiger partial charge in [-0.2, -0.15) is 0 Å². The van der Waals surface area contributed by atoms with E-state index in [0.29, 0.717) is 17.2 Å². The lowest BCUT2D eigenvalue weighted by atomic mass is 10.3. The van der Waals surface area contributed by atoms with Crippen LogP contribution in [0.15, 0.2) is 36.4 Å². The molecule has 26 heavy (non-hydrogen) atoms. The lowest BCUT2D eigenvalue weighted by Gasteiger charge is -2.10. The third-order valence-electron chi connectivity index (χ3n) is 3.21. The molecule has 136 valence electrons. The third kappa shape index (κ3) is 4.45. The maximum absolute atomic E-state index is 13.0. The van der Waals surface area contributed by atoms with E-state index >= 15 is 0 Å². The molecule has 3 amide bonds. The van der Waals surface area contributed by atoms with E-state index in [1.807, 2.05) is 0 Å². The molecule has 3 N–H and O–H groups in total. The summed E-state index contributed by atoms with van der Waals surface area (Å²) in [7, 11) is 0. The van der Waals surface area contributed by atoms with Crippen LogP contribution in [0, 0.1) is 5.82 Å². The van der Waals surface area contributed by atoms with Gasteiger partial charge in [0.2, 0.25) is 6.79 Å². The molecule has 3 rings (SSSR count). The number of benzene rings is 2. The van der Waals surface area contributed by atoms with Crippen LogP contribution >= 0.6 is 11.6 Å². The van der Waals surface area contributed by atoms with Crippen molar-refractivity contribution in [2.45, 2.75) is 0 Å². The van der Waals surface area contributed by atoms with Crippen molar-refractivity contribution in [3.8, 4) is 17.2 Å². The smallest absolute Gasteiger partial charge is 0.337 e. The van der Waals surface area contributed by atoms with Gasteiger partial charge in [0.1, 0.15) is 11.6 Å². The monoisotopic (exact) mass is 381 g/mol. The molecular formula is C16H13ClFN3O5. The molecule has 0 fully saturated rings. The number of amides is 3. The van der Waals surface area contributed by atoms with Gasteiger partial charge in [-0.3, -0.25) is 10.2 Å². The summed E-state index contributed by atoms with van der Waals surface area (Å²) in [4.78, 5) is 23.4. The average molecular weight is 382 g/mol. The van der Waals surface area contributed by atoms with Crippen molar-refractivity contribution in [2.75, 3.05) is 18.7 Å². The molecule has 0 unspecified atom stereocenters.